The van der Waals surface area contributed by atoms with Gasteiger partial charge in [0.2, 0.25) is 5.91 Å². The summed E-state index contributed by atoms with van der Waals surface area (Å²) < 4.78 is 32.4. The third-order valence-corrected chi connectivity index (χ3v) is 4.92. The third-order valence-electron chi connectivity index (χ3n) is 4.92. The molecule has 2 heterocycles. The quantitative estimate of drug-likeness (QED) is 0.650. The van der Waals surface area contributed by atoms with Gasteiger partial charge in [-0.2, -0.15) is 0 Å². The highest BCUT2D eigenvalue weighted by Gasteiger charge is 2.15. The SMILES string of the molecule is O=C(CCc1ncc(-c2ccc(F)cc2F)o1)Nc1cccc(N2CCCC2)c1. The number of oxazole rings is 1. The lowest BCUT2D eigenvalue weighted by molar-refractivity contribution is -0.116. The summed E-state index contributed by atoms with van der Waals surface area (Å²) >= 11 is 0. The largest absolute Gasteiger partial charge is 0.441 e. The van der Waals surface area contributed by atoms with Crippen molar-refractivity contribution >= 4 is 17.3 Å². The molecule has 7 heteroatoms. The number of amides is 1. The molecule has 0 aliphatic carbocycles. The number of nitrogens with one attached hydrogen (secondary N) is 1. The van der Waals surface area contributed by atoms with Crippen molar-refractivity contribution in [1.29, 1.82) is 0 Å². The number of nitrogens with zero attached hydrogens (tertiary/aromatic N) is 2. The predicted molar refractivity (Wildman–Crippen MR) is 107 cm³/mol. The first kappa shape index (κ1) is 19.1. The van der Waals surface area contributed by atoms with E-state index in [2.05, 4.69) is 15.2 Å². The number of carbonyl (C=O) groups excluding carboxylic acids is 1. The van der Waals surface area contributed by atoms with Crippen LogP contribution in [0.1, 0.15) is 25.2 Å². The van der Waals surface area contributed by atoms with Gasteiger partial charge in [0.25, 0.3) is 0 Å². The van der Waals surface area contributed by atoms with E-state index in [1.807, 2.05) is 24.3 Å². The Kier molecular flexibility index (Phi) is 5.55. The molecule has 1 fully saturated rings. The van der Waals surface area contributed by atoms with Gasteiger partial charge in [-0.05, 0) is 43.2 Å². The molecule has 0 spiro atoms. The number of hydrogen-bond donors (Lipinski definition) is 1. The molecule has 2 aromatic carbocycles. The van der Waals surface area contributed by atoms with Crippen LogP contribution in [0.15, 0.2) is 53.1 Å². The van der Waals surface area contributed by atoms with Crippen LogP contribution in [0.25, 0.3) is 11.3 Å². The van der Waals surface area contributed by atoms with Crippen LogP contribution in [0.5, 0.6) is 0 Å². The number of hydrogen-bond acceptors (Lipinski definition) is 4. The lowest BCUT2D eigenvalue weighted by Gasteiger charge is -2.18. The Morgan fingerprint density at radius 1 is 1.14 bits per heavy atom. The second kappa shape index (κ2) is 8.43. The van der Waals surface area contributed by atoms with Gasteiger partial charge in [-0.1, -0.05) is 6.07 Å². The van der Waals surface area contributed by atoms with Crippen molar-refractivity contribution in [3.63, 3.8) is 0 Å². The first-order valence-corrected chi connectivity index (χ1v) is 9.63. The van der Waals surface area contributed by atoms with Gasteiger partial charge in [0.15, 0.2) is 11.7 Å². The zero-order valence-electron chi connectivity index (χ0n) is 15.8. The van der Waals surface area contributed by atoms with Gasteiger partial charge in [0.1, 0.15) is 11.6 Å². The van der Waals surface area contributed by atoms with Crippen molar-refractivity contribution in [2.75, 3.05) is 23.3 Å². The molecule has 1 aliphatic heterocycles. The Balaban J connectivity index is 1.34. The molecule has 1 amide bonds. The molecule has 3 aromatic rings. The second-order valence-corrected chi connectivity index (χ2v) is 7.04. The summed E-state index contributed by atoms with van der Waals surface area (Å²) in [5.41, 5.74) is 1.99. The summed E-state index contributed by atoms with van der Waals surface area (Å²) in [6, 6.07) is 11.1. The molecule has 0 atom stereocenters. The smallest absolute Gasteiger partial charge is 0.224 e. The first-order chi connectivity index (χ1) is 14.1. The van der Waals surface area contributed by atoms with E-state index in [4.69, 9.17) is 4.42 Å². The maximum atomic E-state index is 13.9. The zero-order valence-corrected chi connectivity index (χ0v) is 15.8. The van der Waals surface area contributed by atoms with E-state index in [0.29, 0.717) is 5.89 Å². The minimum atomic E-state index is -0.719. The first-order valence-electron chi connectivity index (χ1n) is 9.63. The van der Waals surface area contributed by atoms with Crippen LogP contribution in [0.4, 0.5) is 20.2 Å². The van der Waals surface area contributed by atoms with E-state index in [1.54, 1.807) is 0 Å². The van der Waals surface area contributed by atoms with E-state index >= 15 is 0 Å². The monoisotopic (exact) mass is 397 g/mol. The highest BCUT2D eigenvalue weighted by atomic mass is 19.1. The third kappa shape index (κ3) is 4.62. The highest BCUT2D eigenvalue weighted by molar-refractivity contribution is 5.91. The van der Waals surface area contributed by atoms with Crippen LogP contribution in [0.3, 0.4) is 0 Å². The average molecular weight is 397 g/mol. The van der Waals surface area contributed by atoms with Crippen LogP contribution in [0.2, 0.25) is 0 Å². The van der Waals surface area contributed by atoms with E-state index in [-0.39, 0.29) is 30.1 Å². The zero-order chi connectivity index (χ0) is 20.2. The second-order valence-electron chi connectivity index (χ2n) is 7.04. The van der Waals surface area contributed by atoms with Crippen molar-refractivity contribution in [2.45, 2.75) is 25.7 Å². The van der Waals surface area contributed by atoms with Crippen LogP contribution in [0, 0.1) is 11.6 Å². The lowest BCUT2D eigenvalue weighted by atomic mass is 10.2. The van der Waals surface area contributed by atoms with Crippen molar-refractivity contribution in [2.24, 2.45) is 0 Å². The molecule has 0 unspecified atom stereocenters. The Morgan fingerprint density at radius 3 is 2.76 bits per heavy atom. The number of aromatic nitrogens is 1. The molecule has 1 aromatic heterocycles. The summed E-state index contributed by atoms with van der Waals surface area (Å²) in [5, 5.41) is 2.89. The fourth-order valence-corrected chi connectivity index (χ4v) is 3.44. The summed E-state index contributed by atoms with van der Waals surface area (Å²) in [6.07, 6.45) is 4.22. The topological polar surface area (TPSA) is 58.4 Å². The van der Waals surface area contributed by atoms with E-state index in [1.165, 1.54) is 25.1 Å². The number of rotatable bonds is 6. The van der Waals surface area contributed by atoms with E-state index in [0.717, 1.165) is 36.6 Å². The minimum Gasteiger partial charge on any atom is -0.441 e. The Labute approximate surface area is 167 Å². The molecule has 1 N–H and O–H groups in total. The summed E-state index contributed by atoms with van der Waals surface area (Å²) in [5.74, 6) is -1.00. The van der Waals surface area contributed by atoms with Gasteiger partial charge >= 0.3 is 0 Å². The Morgan fingerprint density at radius 2 is 1.97 bits per heavy atom. The Bertz CT molecular complexity index is 1010. The lowest BCUT2D eigenvalue weighted by Crippen LogP contribution is -2.18. The summed E-state index contributed by atoms with van der Waals surface area (Å²) in [4.78, 5) is 18.7. The van der Waals surface area contributed by atoms with Crippen LogP contribution < -0.4 is 10.2 Å². The number of carbonyl (C=O) groups is 1. The van der Waals surface area contributed by atoms with Gasteiger partial charge in [0, 0.05) is 43.4 Å². The minimum absolute atomic E-state index is 0.133. The van der Waals surface area contributed by atoms with Crippen LogP contribution in [-0.4, -0.2) is 24.0 Å². The van der Waals surface area contributed by atoms with E-state index < -0.39 is 11.6 Å². The van der Waals surface area contributed by atoms with Crippen molar-refractivity contribution in [3.8, 4) is 11.3 Å². The fraction of sp³-hybridized carbons (Fsp3) is 0.273. The number of aryl methyl sites for hydroxylation is 1. The fourth-order valence-electron chi connectivity index (χ4n) is 3.44. The van der Waals surface area contributed by atoms with Gasteiger partial charge in [-0.25, -0.2) is 13.8 Å². The molecule has 0 radical (unpaired) electrons. The Hall–Kier alpha value is -3.22. The molecule has 4 rings (SSSR count). The van der Waals surface area contributed by atoms with Crippen molar-refractivity contribution in [3.05, 3.63) is 66.2 Å². The van der Waals surface area contributed by atoms with Crippen LogP contribution >= 0.6 is 0 Å². The van der Waals surface area contributed by atoms with Crippen LogP contribution in [-0.2, 0) is 11.2 Å². The van der Waals surface area contributed by atoms with E-state index in [9.17, 15) is 13.6 Å². The highest BCUT2D eigenvalue weighted by Crippen LogP contribution is 2.25. The van der Waals surface area contributed by atoms with Crippen molar-refractivity contribution in [1.82, 2.24) is 4.98 Å². The molecule has 29 heavy (non-hydrogen) atoms. The standard InChI is InChI=1S/C22H21F2N3O2/c23-15-6-7-18(19(24)12-15)20-14-25-22(29-20)9-8-21(28)26-16-4-3-5-17(13-16)27-10-1-2-11-27/h3-7,12-14H,1-2,8-11H2,(H,26,28). The molecular weight excluding hydrogens is 376 g/mol. The van der Waals surface area contributed by atoms with Gasteiger partial charge in [-0.3, -0.25) is 4.79 Å². The normalized spacial score (nSPS) is 13.7. The molecule has 5 nitrogen and oxygen atoms in total. The van der Waals surface area contributed by atoms with Gasteiger partial charge < -0.3 is 14.6 Å². The maximum Gasteiger partial charge on any atom is 0.224 e. The predicted octanol–water partition coefficient (Wildman–Crippen LogP) is 4.79. The summed E-state index contributed by atoms with van der Waals surface area (Å²) in [7, 11) is 0. The molecule has 0 bridgehead atoms. The molecular formula is C22H21F2N3O2. The number of halogens is 2. The molecule has 1 aliphatic rings. The number of anilines is 2. The molecule has 0 saturated carbocycles. The average Bonchev–Trinajstić information content (AvgIpc) is 3.39. The number of benzene rings is 2. The van der Waals surface area contributed by atoms with Crippen molar-refractivity contribution < 1.29 is 18.0 Å². The molecule has 150 valence electrons. The van der Waals surface area contributed by atoms with Gasteiger partial charge in [-0.15, -0.1) is 0 Å². The van der Waals surface area contributed by atoms with Gasteiger partial charge in [0.05, 0.1) is 11.8 Å². The maximum absolute atomic E-state index is 13.9. The summed E-state index contributed by atoms with van der Waals surface area (Å²) in [6.45, 7) is 2.08. The molecule has 1 saturated heterocycles.